The topological polar surface area (TPSA) is 58.8 Å². The van der Waals surface area contributed by atoms with Gasteiger partial charge in [-0.05, 0) is 31.2 Å². The highest BCUT2D eigenvalue weighted by Gasteiger charge is 2.26. The summed E-state index contributed by atoms with van der Waals surface area (Å²) in [4.78, 5) is 16.4. The van der Waals surface area contributed by atoms with Gasteiger partial charge in [0.1, 0.15) is 5.75 Å². The standard InChI is InChI=1S/C16H25N3O2/c1-3-14-11-19(9-8-18(14)2)16(20)12-21-15-6-4-13(10-17)5-7-15/h4-7,14H,3,8-12,17H2,1-2H3. The average molecular weight is 291 g/mol. The minimum Gasteiger partial charge on any atom is -0.484 e. The lowest BCUT2D eigenvalue weighted by atomic mass is 10.1. The van der Waals surface area contributed by atoms with Crippen LogP contribution in [-0.2, 0) is 11.3 Å². The van der Waals surface area contributed by atoms with Crippen LogP contribution in [0.5, 0.6) is 5.75 Å². The van der Waals surface area contributed by atoms with Crippen molar-refractivity contribution in [3.05, 3.63) is 29.8 Å². The monoisotopic (exact) mass is 291 g/mol. The Kier molecular flexibility index (Phi) is 5.59. The minimum atomic E-state index is 0.0597. The Morgan fingerprint density at radius 2 is 2.05 bits per heavy atom. The van der Waals surface area contributed by atoms with E-state index in [1.165, 1.54) is 0 Å². The van der Waals surface area contributed by atoms with Gasteiger partial charge in [-0.25, -0.2) is 0 Å². The molecular formula is C16H25N3O2. The van der Waals surface area contributed by atoms with E-state index in [9.17, 15) is 4.79 Å². The molecule has 1 aromatic rings. The van der Waals surface area contributed by atoms with E-state index in [2.05, 4.69) is 18.9 Å². The molecule has 1 unspecified atom stereocenters. The fraction of sp³-hybridized carbons (Fsp3) is 0.562. The molecule has 2 rings (SSSR count). The molecule has 116 valence electrons. The first-order valence-corrected chi connectivity index (χ1v) is 7.53. The lowest BCUT2D eigenvalue weighted by Gasteiger charge is -2.39. The van der Waals surface area contributed by atoms with E-state index in [1.54, 1.807) is 0 Å². The van der Waals surface area contributed by atoms with Gasteiger partial charge in [-0.1, -0.05) is 19.1 Å². The van der Waals surface area contributed by atoms with Crippen LogP contribution < -0.4 is 10.5 Å². The highest BCUT2D eigenvalue weighted by molar-refractivity contribution is 5.78. The highest BCUT2D eigenvalue weighted by atomic mass is 16.5. The molecule has 1 heterocycles. The van der Waals surface area contributed by atoms with Crippen LogP contribution in [0.3, 0.4) is 0 Å². The van der Waals surface area contributed by atoms with Gasteiger partial charge in [0.15, 0.2) is 6.61 Å². The first-order valence-electron chi connectivity index (χ1n) is 7.53. The summed E-state index contributed by atoms with van der Waals surface area (Å²) in [5.74, 6) is 0.770. The number of ether oxygens (including phenoxy) is 1. The average Bonchev–Trinajstić information content (AvgIpc) is 2.53. The fourth-order valence-corrected chi connectivity index (χ4v) is 2.57. The van der Waals surface area contributed by atoms with Gasteiger partial charge in [0.2, 0.25) is 0 Å². The quantitative estimate of drug-likeness (QED) is 0.882. The molecule has 0 radical (unpaired) electrons. The summed E-state index contributed by atoms with van der Waals surface area (Å²) in [6.07, 6.45) is 1.06. The maximum Gasteiger partial charge on any atom is 0.260 e. The van der Waals surface area contributed by atoms with Crippen molar-refractivity contribution in [2.75, 3.05) is 33.3 Å². The Morgan fingerprint density at radius 3 is 2.67 bits per heavy atom. The van der Waals surface area contributed by atoms with Crippen molar-refractivity contribution < 1.29 is 9.53 Å². The molecule has 2 N–H and O–H groups in total. The molecule has 1 fully saturated rings. The number of piperazine rings is 1. The Labute approximate surface area is 126 Å². The molecule has 1 aliphatic rings. The van der Waals surface area contributed by atoms with Crippen LogP contribution in [-0.4, -0.2) is 55.0 Å². The molecule has 0 saturated carbocycles. The van der Waals surface area contributed by atoms with E-state index >= 15 is 0 Å². The molecule has 0 spiro atoms. The van der Waals surface area contributed by atoms with E-state index in [0.29, 0.717) is 18.3 Å². The second-order valence-corrected chi connectivity index (χ2v) is 5.52. The minimum absolute atomic E-state index is 0.0597. The van der Waals surface area contributed by atoms with Gasteiger partial charge in [0, 0.05) is 32.2 Å². The van der Waals surface area contributed by atoms with Gasteiger partial charge in [0.25, 0.3) is 5.91 Å². The molecule has 0 aromatic heterocycles. The third-order valence-corrected chi connectivity index (χ3v) is 4.12. The third kappa shape index (κ3) is 4.19. The summed E-state index contributed by atoms with van der Waals surface area (Å²) < 4.78 is 5.57. The normalized spacial score (nSPS) is 19.6. The Balaban J connectivity index is 1.83. The number of hydrogen-bond donors (Lipinski definition) is 1. The van der Waals surface area contributed by atoms with E-state index < -0.39 is 0 Å². The highest BCUT2D eigenvalue weighted by Crippen LogP contribution is 2.14. The van der Waals surface area contributed by atoms with Gasteiger partial charge in [0.05, 0.1) is 0 Å². The lowest BCUT2D eigenvalue weighted by Crippen LogP contribution is -2.53. The molecule has 1 aromatic carbocycles. The van der Waals surface area contributed by atoms with Crippen LogP contribution in [0, 0.1) is 0 Å². The van der Waals surface area contributed by atoms with E-state index in [0.717, 1.165) is 31.6 Å². The van der Waals surface area contributed by atoms with Crippen LogP contribution in [0.1, 0.15) is 18.9 Å². The number of amides is 1. The van der Waals surface area contributed by atoms with Crippen LogP contribution in [0.2, 0.25) is 0 Å². The summed E-state index contributed by atoms with van der Waals surface area (Å²) in [7, 11) is 2.12. The second-order valence-electron chi connectivity index (χ2n) is 5.52. The number of carbonyl (C=O) groups excluding carboxylic acids is 1. The van der Waals surface area contributed by atoms with Gasteiger partial charge in [-0.15, -0.1) is 0 Å². The fourth-order valence-electron chi connectivity index (χ4n) is 2.57. The first kappa shape index (κ1) is 15.8. The smallest absolute Gasteiger partial charge is 0.260 e. The second kappa shape index (κ2) is 7.43. The number of benzene rings is 1. The SMILES string of the molecule is CCC1CN(C(=O)COc2ccc(CN)cc2)CCN1C. The van der Waals surface area contributed by atoms with Crippen molar-refractivity contribution >= 4 is 5.91 Å². The summed E-state index contributed by atoms with van der Waals surface area (Å²) in [5.41, 5.74) is 6.61. The van der Waals surface area contributed by atoms with Crippen LogP contribution in [0.15, 0.2) is 24.3 Å². The van der Waals surface area contributed by atoms with Gasteiger partial charge >= 0.3 is 0 Å². The van der Waals surface area contributed by atoms with Gasteiger partial charge in [-0.2, -0.15) is 0 Å². The van der Waals surface area contributed by atoms with Gasteiger partial charge in [-0.3, -0.25) is 9.69 Å². The van der Waals surface area contributed by atoms with Crippen molar-refractivity contribution in [3.8, 4) is 5.75 Å². The van der Waals surface area contributed by atoms with E-state index in [1.807, 2.05) is 29.2 Å². The van der Waals surface area contributed by atoms with Crippen molar-refractivity contribution in [2.45, 2.75) is 25.9 Å². The molecule has 1 amide bonds. The van der Waals surface area contributed by atoms with Crippen molar-refractivity contribution in [3.63, 3.8) is 0 Å². The number of nitrogens with zero attached hydrogens (tertiary/aromatic N) is 2. The molecular weight excluding hydrogens is 266 g/mol. The molecule has 0 aliphatic carbocycles. The zero-order valence-corrected chi connectivity index (χ0v) is 12.9. The molecule has 5 nitrogen and oxygen atoms in total. The maximum atomic E-state index is 12.2. The molecule has 1 atom stereocenters. The zero-order chi connectivity index (χ0) is 15.2. The number of nitrogens with two attached hydrogens (primary N) is 1. The van der Waals surface area contributed by atoms with E-state index in [4.69, 9.17) is 10.5 Å². The summed E-state index contributed by atoms with van der Waals surface area (Å²) in [5, 5.41) is 0. The Hall–Kier alpha value is -1.59. The molecule has 1 aliphatic heterocycles. The third-order valence-electron chi connectivity index (χ3n) is 4.12. The molecule has 1 saturated heterocycles. The van der Waals surface area contributed by atoms with E-state index in [-0.39, 0.29) is 12.5 Å². The predicted octanol–water partition coefficient (Wildman–Crippen LogP) is 1.08. The molecule has 21 heavy (non-hydrogen) atoms. The maximum absolute atomic E-state index is 12.2. The van der Waals surface area contributed by atoms with Crippen molar-refractivity contribution in [1.29, 1.82) is 0 Å². The molecule has 0 bridgehead atoms. The number of likely N-dealkylation sites (N-methyl/N-ethyl adjacent to an activating group) is 1. The Morgan fingerprint density at radius 1 is 1.33 bits per heavy atom. The van der Waals surface area contributed by atoms with Crippen LogP contribution in [0.4, 0.5) is 0 Å². The van der Waals surface area contributed by atoms with Gasteiger partial charge < -0.3 is 15.4 Å². The van der Waals surface area contributed by atoms with Crippen molar-refractivity contribution in [2.24, 2.45) is 5.73 Å². The lowest BCUT2D eigenvalue weighted by molar-refractivity contribution is -0.136. The Bertz CT molecular complexity index is 461. The number of hydrogen-bond acceptors (Lipinski definition) is 4. The summed E-state index contributed by atoms with van der Waals surface area (Å²) in [6.45, 7) is 5.27. The predicted molar refractivity (Wildman–Crippen MR) is 83.1 cm³/mol. The van der Waals surface area contributed by atoms with Crippen LogP contribution in [0.25, 0.3) is 0 Å². The zero-order valence-electron chi connectivity index (χ0n) is 12.9. The first-order chi connectivity index (χ1) is 10.1. The molecule has 5 heteroatoms. The summed E-state index contributed by atoms with van der Waals surface area (Å²) >= 11 is 0. The largest absolute Gasteiger partial charge is 0.484 e. The summed E-state index contributed by atoms with van der Waals surface area (Å²) in [6, 6.07) is 8.00. The number of carbonyl (C=O) groups is 1. The number of rotatable bonds is 5. The van der Waals surface area contributed by atoms with Crippen molar-refractivity contribution in [1.82, 2.24) is 9.80 Å². The van der Waals surface area contributed by atoms with Crippen LogP contribution >= 0.6 is 0 Å².